The number of hydrogen-bond acceptors (Lipinski definition) is 3. The Hall–Kier alpha value is -2.22. The van der Waals surface area contributed by atoms with Gasteiger partial charge in [0.2, 0.25) is 0 Å². The van der Waals surface area contributed by atoms with Gasteiger partial charge in [0.05, 0.1) is 19.3 Å². The number of hydrogen-bond donors (Lipinski definition) is 0. The predicted molar refractivity (Wildman–Crippen MR) is 126 cm³/mol. The zero-order valence-corrected chi connectivity index (χ0v) is 20.0. The monoisotopic (exact) mass is 492 g/mol. The molecular weight excluding hydrogens is 460 g/mol. The Balaban J connectivity index is 1.45. The predicted octanol–water partition coefficient (Wildman–Crippen LogP) is 7.08. The van der Waals surface area contributed by atoms with Gasteiger partial charge in [-0.25, -0.2) is 17.6 Å². The molecule has 4 unspecified atom stereocenters. The lowest BCUT2D eigenvalue weighted by molar-refractivity contribution is -0.173. The highest BCUT2D eigenvalue weighted by molar-refractivity contribution is 5.66. The molecule has 2 aliphatic heterocycles. The molecule has 4 rings (SSSR count). The third-order valence-electron chi connectivity index (χ3n) is 7.08. The fraction of sp³-hybridized carbons (Fsp3) is 0.500. The average molecular weight is 493 g/mol. The first-order chi connectivity index (χ1) is 16.9. The Kier molecular flexibility index (Phi) is 8.63. The summed E-state index contributed by atoms with van der Waals surface area (Å²) in [5.41, 5.74) is -0.182. The van der Waals surface area contributed by atoms with Gasteiger partial charge in [0.15, 0.2) is 29.6 Å². The van der Waals surface area contributed by atoms with Gasteiger partial charge in [-0.05, 0) is 62.5 Å². The van der Waals surface area contributed by atoms with Crippen LogP contribution >= 0.6 is 0 Å². The van der Waals surface area contributed by atoms with Crippen molar-refractivity contribution in [1.29, 1.82) is 0 Å². The van der Waals surface area contributed by atoms with Gasteiger partial charge in [-0.2, -0.15) is 0 Å². The van der Waals surface area contributed by atoms with Gasteiger partial charge in [0, 0.05) is 23.7 Å². The van der Waals surface area contributed by atoms with Crippen LogP contribution in [-0.4, -0.2) is 32.2 Å². The second-order valence-corrected chi connectivity index (χ2v) is 9.31. The van der Waals surface area contributed by atoms with Crippen LogP contribution in [0.2, 0.25) is 0 Å². The van der Waals surface area contributed by atoms with Crippen LogP contribution in [0.15, 0.2) is 36.9 Å². The van der Waals surface area contributed by atoms with E-state index in [0.29, 0.717) is 38.9 Å². The number of aryl methyl sites for hydroxylation is 1. The van der Waals surface area contributed by atoms with E-state index in [9.17, 15) is 17.6 Å². The zero-order valence-electron chi connectivity index (χ0n) is 20.0. The van der Waals surface area contributed by atoms with Crippen molar-refractivity contribution < 1.29 is 31.8 Å². The first kappa shape index (κ1) is 25.9. The quantitative estimate of drug-likeness (QED) is 0.291. The Morgan fingerprint density at radius 1 is 0.886 bits per heavy atom. The Morgan fingerprint density at radius 3 is 2.26 bits per heavy atom. The van der Waals surface area contributed by atoms with E-state index in [2.05, 4.69) is 6.58 Å². The van der Waals surface area contributed by atoms with E-state index in [-0.39, 0.29) is 53.1 Å². The number of ether oxygens (including phenoxy) is 3. The molecule has 2 fully saturated rings. The van der Waals surface area contributed by atoms with Crippen molar-refractivity contribution in [2.24, 2.45) is 5.92 Å². The van der Waals surface area contributed by atoms with Gasteiger partial charge in [-0.15, -0.1) is 6.58 Å². The van der Waals surface area contributed by atoms with Crippen LogP contribution < -0.4 is 0 Å². The molecule has 0 aliphatic carbocycles. The minimum absolute atomic E-state index is 0.0911. The Labute approximate surface area is 204 Å². The lowest BCUT2D eigenvalue weighted by Gasteiger charge is -2.28. The van der Waals surface area contributed by atoms with E-state index in [0.717, 1.165) is 12.8 Å². The minimum Gasteiger partial charge on any atom is -0.374 e. The molecule has 0 N–H and O–H groups in total. The fourth-order valence-electron chi connectivity index (χ4n) is 4.97. The summed E-state index contributed by atoms with van der Waals surface area (Å²) < 4.78 is 76.5. The number of halogens is 4. The van der Waals surface area contributed by atoms with E-state index in [1.807, 2.05) is 6.92 Å². The summed E-state index contributed by atoms with van der Waals surface area (Å²) in [6.07, 6.45) is 5.34. The van der Waals surface area contributed by atoms with Crippen LogP contribution in [0, 0.1) is 29.2 Å². The molecule has 2 heterocycles. The summed E-state index contributed by atoms with van der Waals surface area (Å²) >= 11 is 0. The van der Waals surface area contributed by atoms with Crippen molar-refractivity contribution in [3.8, 4) is 11.1 Å². The van der Waals surface area contributed by atoms with Gasteiger partial charge in [-0.3, -0.25) is 0 Å². The van der Waals surface area contributed by atoms with Crippen molar-refractivity contribution in [3.05, 3.63) is 71.3 Å². The Bertz CT molecular complexity index is 1030. The van der Waals surface area contributed by atoms with Crippen molar-refractivity contribution in [1.82, 2.24) is 0 Å². The molecule has 0 spiro atoms. The van der Waals surface area contributed by atoms with Crippen LogP contribution in [0.5, 0.6) is 0 Å². The van der Waals surface area contributed by atoms with Gasteiger partial charge >= 0.3 is 0 Å². The molecule has 0 bridgehead atoms. The molecule has 4 atom stereocenters. The van der Waals surface area contributed by atoms with E-state index in [1.54, 1.807) is 6.08 Å². The Morgan fingerprint density at radius 2 is 1.63 bits per heavy atom. The number of benzene rings is 2. The fourth-order valence-corrected chi connectivity index (χ4v) is 4.97. The summed E-state index contributed by atoms with van der Waals surface area (Å²) in [6.45, 7) is 6.96. The van der Waals surface area contributed by atoms with Crippen molar-refractivity contribution in [3.63, 3.8) is 0 Å². The molecule has 2 aromatic rings. The zero-order chi connectivity index (χ0) is 24.9. The SMILES string of the molecule is C=CC1CCC(c2ccc(-c3ccc(CCC4CCC(OCC)OC4)c(F)c3F)c(F)c2F)CO1. The first-order valence-electron chi connectivity index (χ1n) is 12.3. The van der Waals surface area contributed by atoms with E-state index in [1.165, 1.54) is 24.3 Å². The lowest BCUT2D eigenvalue weighted by atomic mass is 9.89. The van der Waals surface area contributed by atoms with Crippen molar-refractivity contribution in [2.75, 3.05) is 19.8 Å². The van der Waals surface area contributed by atoms with Crippen LogP contribution in [0.4, 0.5) is 17.6 Å². The summed E-state index contributed by atoms with van der Waals surface area (Å²) in [5, 5.41) is 0. The maximum atomic E-state index is 15.0. The topological polar surface area (TPSA) is 27.7 Å². The molecule has 35 heavy (non-hydrogen) atoms. The van der Waals surface area contributed by atoms with E-state index < -0.39 is 23.3 Å². The molecule has 3 nitrogen and oxygen atoms in total. The summed E-state index contributed by atoms with van der Waals surface area (Å²) in [5.74, 6) is -4.47. The standard InChI is InChI=1S/C28H32F4O3/c1-3-20-10-8-19(16-34-20)21-12-13-23(28(32)26(21)30)22-11-9-18(25(29)27(22)31)7-5-17-6-14-24(33-4-2)35-15-17/h3,9,11-13,17,19-20,24H,1,4-8,10,14-16H2,2H3. The lowest BCUT2D eigenvalue weighted by Crippen LogP contribution is -2.28. The highest BCUT2D eigenvalue weighted by atomic mass is 19.2. The molecule has 0 aromatic heterocycles. The molecule has 0 saturated carbocycles. The summed E-state index contributed by atoms with van der Waals surface area (Å²) in [4.78, 5) is 0. The third-order valence-corrected chi connectivity index (χ3v) is 7.08. The molecule has 0 radical (unpaired) electrons. The van der Waals surface area contributed by atoms with Gasteiger partial charge < -0.3 is 14.2 Å². The molecule has 2 saturated heterocycles. The molecular formula is C28H32F4O3. The number of rotatable bonds is 8. The largest absolute Gasteiger partial charge is 0.374 e. The van der Waals surface area contributed by atoms with E-state index >= 15 is 0 Å². The molecule has 2 aliphatic rings. The summed E-state index contributed by atoms with van der Waals surface area (Å²) in [7, 11) is 0. The van der Waals surface area contributed by atoms with E-state index in [4.69, 9.17) is 14.2 Å². The van der Waals surface area contributed by atoms with Crippen LogP contribution in [0.1, 0.15) is 56.1 Å². The molecule has 2 aromatic carbocycles. The normalized spacial score (nSPS) is 24.9. The van der Waals surface area contributed by atoms with Crippen molar-refractivity contribution >= 4 is 0 Å². The molecule has 7 heteroatoms. The van der Waals surface area contributed by atoms with Gasteiger partial charge in [0.1, 0.15) is 0 Å². The highest BCUT2D eigenvalue weighted by Gasteiger charge is 2.28. The second-order valence-electron chi connectivity index (χ2n) is 9.31. The van der Waals surface area contributed by atoms with Crippen LogP contribution in [-0.2, 0) is 20.6 Å². The van der Waals surface area contributed by atoms with Crippen LogP contribution in [0.25, 0.3) is 11.1 Å². The smallest absolute Gasteiger partial charge is 0.167 e. The second kappa shape index (κ2) is 11.7. The van der Waals surface area contributed by atoms with Gasteiger partial charge in [0.25, 0.3) is 0 Å². The maximum absolute atomic E-state index is 15.0. The third kappa shape index (κ3) is 5.79. The average Bonchev–Trinajstić information content (AvgIpc) is 2.88. The summed E-state index contributed by atoms with van der Waals surface area (Å²) in [6, 6.07) is 5.54. The highest BCUT2D eigenvalue weighted by Crippen LogP contribution is 2.36. The molecule has 0 amide bonds. The maximum Gasteiger partial charge on any atom is 0.167 e. The van der Waals surface area contributed by atoms with Crippen LogP contribution in [0.3, 0.4) is 0 Å². The first-order valence-corrected chi connectivity index (χ1v) is 12.3. The van der Waals surface area contributed by atoms with Gasteiger partial charge in [-0.1, -0.05) is 30.3 Å². The van der Waals surface area contributed by atoms with Crippen molar-refractivity contribution in [2.45, 2.75) is 63.8 Å². The molecule has 190 valence electrons. The minimum atomic E-state index is -1.18.